The van der Waals surface area contributed by atoms with Crippen LogP contribution in [-0.2, 0) is 0 Å². The standard InChI is InChI=1S/C14H19N3O/c1-14(2,18)9-17(3)13-6-7-16-12-8-10(15)4-5-11(12)13/h4-8,18H,9,15H2,1-3H3. The van der Waals surface area contributed by atoms with Crippen LogP contribution in [0.25, 0.3) is 10.9 Å². The summed E-state index contributed by atoms with van der Waals surface area (Å²) < 4.78 is 0. The van der Waals surface area contributed by atoms with Gasteiger partial charge in [0.05, 0.1) is 11.1 Å². The van der Waals surface area contributed by atoms with Crippen molar-refractivity contribution in [2.45, 2.75) is 19.4 Å². The lowest BCUT2D eigenvalue weighted by Crippen LogP contribution is -2.36. The number of aromatic nitrogens is 1. The van der Waals surface area contributed by atoms with Gasteiger partial charge in [0, 0.05) is 36.6 Å². The molecule has 4 heteroatoms. The van der Waals surface area contributed by atoms with Crippen molar-refractivity contribution in [1.29, 1.82) is 0 Å². The summed E-state index contributed by atoms with van der Waals surface area (Å²) in [5.74, 6) is 0. The van der Waals surface area contributed by atoms with Gasteiger partial charge in [-0.05, 0) is 38.1 Å². The second kappa shape index (κ2) is 4.46. The Morgan fingerprint density at radius 2 is 2.06 bits per heavy atom. The molecule has 2 aromatic rings. The van der Waals surface area contributed by atoms with Crippen molar-refractivity contribution >= 4 is 22.3 Å². The molecular weight excluding hydrogens is 226 g/mol. The van der Waals surface area contributed by atoms with Gasteiger partial charge in [0.25, 0.3) is 0 Å². The maximum absolute atomic E-state index is 9.89. The van der Waals surface area contributed by atoms with Gasteiger partial charge in [0.15, 0.2) is 0 Å². The highest BCUT2D eigenvalue weighted by Gasteiger charge is 2.17. The van der Waals surface area contributed by atoms with Gasteiger partial charge in [-0.3, -0.25) is 4.98 Å². The largest absolute Gasteiger partial charge is 0.399 e. The molecule has 96 valence electrons. The van der Waals surface area contributed by atoms with E-state index in [1.165, 1.54) is 0 Å². The van der Waals surface area contributed by atoms with E-state index in [9.17, 15) is 5.11 Å². The SMILES string of the molecule is CN(CC(C)(C)O)c1ccnc2cc(N)ccc12. The number of hydrogen-bond acceptors (Lipinski definition) is 4. The molecule has 1 aromatic heterocycles. The summed E-state index contributed by atoms with van der Waals surface area (Å²) in [4.78, 5) is 6.34. The zero-order valence-corrected chi connectivity index (χ0v) is 11.0. The van der Waals surface area contributed by atoms with Crippen molar-refractivity contribution in [3.8, 4) is 0 Å². The summed E-state index contributed by atoms with van der Waals surface area (Å²) in [5.41, 5.74) is 7.64. The van der Waals surface area contributed by atoms with Crippen molar-refractivity contribution in [1.82, 2.24) is 4.98 Å². The third-order valence-electron chi connectivity index (χ3n) is 2.78. The van der Waals surface area contributed by atoms with Gasteiger partial charge >= 0.3 is 0 Å². The third-order valence-corrected chi connectivity index (χ3v) is 2.78. The Bertz CT molecular complexity index is 560. The lowest BCUT2D eigenvalue weighted by atomic mass is 10.1. The number of hydrogen-bond donors (Lipinski definition) is 2. The summed E-state index contributed by atoms with van der Waals surface area (Å²) in [7, 11) is 1.96. The molecule has 0 aliphatic heterocycles. The molecule has 0 amide bonds. The van der Waals surface area contributed by atoms with Crippen LogP contribution in [0.3, 0.4) is 0 Å². The Morgan fingerprint density at radius 1 is 1.33 bits per heavy atom. The van der Waals surface area contributed by atoms with Crippen molar-refractivity contribution in [2.75, 3.05) is 24.2 Å². The Morgan fingerprint density at radius 3 is 2.72 bits per heavy atom. The molecule has 1 heterocycles. The van der Waals surface area contributed by atoms with E-state index in [1.54, 1.807) is 20.0 Å². The molecule has 0 spiro atoms. The van der Waals surface area contributed by atoms with E-state index in [1.807, 2.05) is 36.2 Å². The number of nitrogens with two attached hydrogens (primary N) is 1. The Kier molecular flexibility index (Phi) is 3.13. The number of pyridine rings is 1. The number of likely N-dealkylation sites (N-methyl/N-ethyl adjacent to an activating group) is 1. The van der Waals surface area contributed by atoms with Crippen LogP contribution in [-0.4, -0.2) is 29.3 Å². The summed E-state index contributed by atoms with van der Waals surface area (Å²) in [6.07, 6.45) is 1.76. The lowest BCUT2D eigenvalue weighted by Gasteiger charge is -2.28. The van der Waals surface area contributed by atoms with Gasteiger partial charge < -0.3 is 15.7 Å². The fraction of sp³-hybridized carbons (Fsp3) is 0.357. The van der Waals surface area contributed by atoms with Gasteiger partial charge in [0.1, 0.15) is 0 Å². The van der Waals surface area contributed by atoms with Crippen molar-refractivity contribution in [3.63, 3.8) is 0 Å². The minimum absolute atomic E-state index is 0.552. The molecule has 0 atom stereocenters. The van der Waals surface area contributed by atoms with Gasteiger partial charge in [-0.15, -0.1) is 0 Å². The average Bonchev–Trinajstić information content (AvgIpc) is 2.25. The molecule has 0 saturated carbocycles. The first-order valence-corrected chi connectivity index (χ1v) is 5.94. The summed E-state index contributed by atoms with van der Waals surface area (Å²) in [6.45, 7) is 4.15. The molecule has 2 rings (SSSR count). The molecule has 1 aromatic carbocycles. The number of fused-ring (bicyclic) bond motifs is 1. The number of nitrogens with zero attached hydrogens (tertiary/aromatic N) is 2. The van der Waals surface area contributed by atoms with Gasteiger partial charge in [-0.25, -0.2) is 0 Å². The van der Waals surface area contributed by atoms with E-state index in [0.717, 1.165) is 16.6 Å². The van der Waals surface area contributed by atoms with E-state index >= 15 is 0 Å². The van der Waals surface area contributed by atoms with Crippen molar-refractivity contribution in [3.05, 3.63) is 30.5 Å². The lowest BCUT2D eigenvalue weighted by molar-refractivity contribution is 0.0887. The number of rotatable bonds is 3. The number of aliphatic hydroxyl groups is 1. The second-order valence-electron chi connectivity index (χ2n) is 5.28. The van der Waals surface area contributed by atoms with E-state index in [4.69, 9.17) is 5.73 Å². The van der Waals surface area contributed by atoms with E-state index < -0.39 is 5.60 Å². The van der Waals surface area contributed by atoms with Crippen LogP contribution in [0.15, 0.2) is 30.5 Å². The quantitative estimate of drug-likeness (QED) is 0.812. The van der Waals surface area contributed by atoms with Crippen LogP contribution in [0.5, 0.6) is 0 Å². The molecule has 0 bridgehead atoms. The van der Waals surface area contributed by atoms with Gasteiger partial charge in [0.2, 0.25) is 0 Å². The van der Waals surface area contributed by atoms with Crippen LogP contribution >= 0.6 is 0 Å². The maximum atomic E-state index is 9.89. The monoisotopic (exact) mass is 245 g/mol. The smallest absolute Gasteiger partial charge is 0.0765 e. The predicted octanol–water partition coefficient (Wildman–Crippen LogP) is 2.02. The van der Waals surface area contributed by atoms with Crippen LogP contribution < -0.4 is 10.6 Å². The number of nitrogen functional groups attached to an aromatic ring is 1. The van der Waals surface area contributed by atoms with E-state index in [-0.39, 0.29) is 0 Å². The van der Waals surface area contributed by atoms with Crippen LogP contribution in [0.1, 0.15) is 13.8 Å². The van der Waals surface area contributed by atoms with Crippen LogP contribution in [0.2, 0.25) is 0 Å². The topological polar surface area (TPSA) is 62.4 Å². The van der Waals surface area contributed by atoms with E-state index in [2.05, 4.69) is 4.98 Å². The molecule has 0 saturated heterocycles. The minimum atomic E-state index is -0.738. The van der Waals surface area contributed by atoms with Crippen molar-refractivity contribution in [2.24, 2.45) is 0 Å². The zero-order valence-electron chi connectivity index (χ0n) is 11.0. The Hall–Kier alpha value is -1.81. The van der Waals surface area contributed by atoms with Gasteiger partial charge in [-0.1, -0.05) is 0 Å². The first kappa shape index (κ1) is 12.6. The average molecular weight is 245 g/mol. The number of anilines is 2. The number of benzene rings is 1. The normalized spacial score (nSPS) is 11.8. The molecule has 0 unspecified atom stereocenters. The Labute approximate surface area is 107 Å². The minimum Gasteiger partial charge on any atom is -0.399 e. The fourth-order valence-electron chi connectivity index (χ4n) is 2.15. The summed E-state index contributed by atoms with van der Waals surface area (Å²) in [6, 6.07) is 7.64. The second-order valence-corrected chi connectivity index (χ2v) is 5.28. The highest BCUT2D eigenvalue weighted by molar-refractivity contribution is 5.93. The highest BCUT2D eigenvalue weighted by atomic mass is 16.3. The zero-order chi connectivity index (χ0) is 13.3. The molecule has 0 fully saturated rings. The third kappa shape index (κ3) is 2.71. The first-order chi connectivity index (χ1) is 8.37. The molecule has 0 aliphatic rings. The molecule has 3 N–H and O–H groups in total. The highest BCUT2D eigenvalue weighted by Crippen LogP contribution is 2.26. The molecule has 18 heavy (non-hydrogen) atoms. The molecule has 0 aliphatic carbocycles. The van der Waals surface area contributed by atoms with Crippen LogP contribution in [0.4, 0.5) is 11.4 Å². The molecule has 4 nitrogen and oxygen atoms in total. The fourth-order valence-corrected chi connectivity index (χ4v) is 2.15. The predicted molar refractivity (Wildman–Crippen MR) is 75.7 cm³/mol. The molecule has 0 radical (unpaired) electrons. The Balaban J connectivity index is 2.45. The van der Waals surface area contributed by atoms with Crippen LogP contribution in [0, 0.1) is 0 Å². The summed E-state index contributed by atoms with van der Waals surface area (Å²) >= 11 is 0. The van der Waals surface area contributed by atoms with Crippen molar-refractivity contribution < 1.29 is 5.11 Å². The molecular formula is C14H19N3O. The summed E-state index contributed by atoms with van der Waals surface area (Å²) in [5, 5.41) is 10.9. The maximum Gasteiger partial charge on any atom is 0.0765 e. The van der Waals surface area contributed by atoms with Gasteiger partial charge in [-0.2, -0.15) is 0 Å². The van der Waals surface area contributed by atoms with E-state index in [0.29, 0.717) is 12.2 Å². The first-order valence-electron chi connectivity index (χ1n) is 5.94.